The first-order valence-electron chi connectivity index (χ1n) is 6.23. The molecule has 1 heterocycles. The molecule has 19 heavy (non-hydrogen) atoms. The number of hydrogen-bond acceptors (Lipinski definition) is 3. The number of rotatable bonds is 2. The molecule has 6 heteroatoms. The van der Waals surface area contributed by atoms with Crippen molar-refractivity contribution in [3.8, 4) is 0 Å². The van der Waals surface area contributed by atoms with Gasteiger partial charge in [-0.1, -0.05) is 11.6 Å². The van der Waals surface area contributed by atoms with Gasteiger partial charge in [-0.2, -0.15) is 0 Å². The average molecular weight is 289 g/mol. The summed E-state index contributed by atoms with van der Waals surface area (Å²) in [6.07, 6.45) is -0.147. The van der Waals surface area contributed by atoms with Gasteiger partial charge in [0, 0.05) is 18.8 Å². The lowest BCUT2D eigenvalue weighted by atomic mass is 9.83. The van der Waals surface area contributed by atoms with Crippen molar-refractivity contribution >= 4 is 17.4 Å². The van der Waals surface area contributed by atoms with Crippen LogP contribution in [0.2, 0.25) is 5.15 Å². The number of alkyl halides is 2. The van der Waals surface area contributed by atoms with Crippen LogP contribution >= 0.6 is 11.6 Å². The quantitative estimate of drug-likeness (QED) is 0.778. The van der Waals surface area contributed by atoms with Gasteiger partial charge in [0.15, 0.2) is 10.9 Å². The van der Waals surface area contributed by atoms with Gasteiger partial charge >= 0.3 is 0 Å². The number of carbonyl (C=O) groups excluding carboxylic acids is 1. The van der Waals surface area contributed by atoms with Crippen molar-refractivity contribution in [1.29, 1.82) is 0 Å². The molecular weight excluding hydrogens is 274 g/mol. The van der Waals surface area contributed by atoms with Crippen LogP contribution in [0.5, 0.6) is 0 Å². The maximum absolute atomic E-state index is 13.1. The van der Waals surface area contributed by atoms with E-state index in [1.54, 1.807) is 13.8 Å². The third-order valence-electron chi connectivity index (χ3n) is 3.59. The molecule has 0 N–H and O–H groups in total. The highest BCUT2D eigenvalue weighted by Gasteiger charge is 2.38. The van der Waals surface area contributed by atoms with Gasteiger partial charge in [0.2, 0.25) is 5.92 Å². The van der Waals surface area contributed by atoms with E-state index in [1.165, 1.54) is 0 Å². The molecule has 1 fully saturated rings. The maximum Gasteiger partial charge on any atom is 0.248 e. The molecular formula is C13H15ClF2N2O. The lowest BCUT2D eigenvalue weighted by Gasteiger charge is -2.27. The van der Waals surface area contributed by atoms with Crippen LogP contribution in [0.4, 0.5) is 8.78 Å². The Hall–Kier alpha value is -1.10. The molecule has 0 unspecified atom stereocenters. The minimum Gasteiger partial charge on any atom is -0.292 e. The Morgan fingerprint density at radius 2 is 1.74 bits per heavy atom. The number of halogens is 3. The lowest BCUT2D eigenvalue weighted by Crippen LogP contribution is -2.29. The van der Waals surface area contributed by atoms with E-state index in [0.29, 0.717) is 11.4 Å². The predicted octanol–water partition coefficient (Wildman–Crippen LogP) is 3.76. The fraction of sp³-hybridized carbons (Fsp3) is 0.615. The van der Waals surface area contributed by atoms with Crippen molar-refractivity contribution in [3.05, 3.63) is 22.2 Å². The van der Waals surface area contributed by atoms with E-state index < -0.39 is 11.8 Å². The van der Waals surface area contributed by atoms with Gasteiger partial charge in [0.25, 0.3) is 0 Å². The van der Waals surface area contributed by atoms with E-state index in [-0.39, 0.29) is 42.3 Å². The molecule has 0 radical (unpaired) electrons. The van der Waals surface area contributed by atoms with Crippen LogP contribution in [-0.4, -0.2) is 21.7 Å². The van der Waals surface area contributed by atoms with Crippen LogP contribution in [0.3, 0.4) is 0 Å². The average Bonchev–Trinajstić information content (AvgIpc) is 2.33. The summed E-state index contributed by atoms with van der Waals surface area (Å²) in [5, 5.41) is 0.0606. The van der Waals surface area contributed by atoms with Gasteiger partial charge < -0.3 is 0 Å². The molecule has 0 bridgehead atoms. The number of aryl methyl sites for hydroxylation is 2. The standard InChI is InChI=1S/C13H15ClF2N2O/c1-7-8(2)18-12(14)10(17-7)11(19)9-3-5-13(15,16)6-4-9/h9H,3-6H2,1-2H3. The molecule has 1 aromatic rings. The van der Waals surface area contributed by atoms with Crippen molar-refractivity contribution in [2.24, 2.45) is 5.92 Å². The Labute approximate surface area is 115 Å². The summed E-state index contributed by atoms with van der Waals surface area (Å²) in [6.45, 7) is 3.49. The molecule has 0 aliphatic heterocycles. The minimum absolute atomic E-state index is 0.0606. The van der Waals surface area contributed by atoms with Crippen LogP contribution in [0.25, 0.3) is 0 Å². The van der Waals surface area contributed by atoms with Crippen LogP contribution in [0.1, 0.15) is 47.6 Å². The molecule has 0 atom stereocenters. The highest BCUT2D eigenvalue weighted by atomic mass is 35.5. The molecule has 1 saturated carbocycles. The predicted molar refractivity (Wildman–Crippen MR) is 67.8 cm³/mol. The number of nitrogens with zero attached hydrogens (tertiary/aromatic N) is 2. The van der Waals surface area contributed by atoms with Crippen molar-refractivity contribution in [2.45, 2.75) is 45.5 Å². The first-order chi connectivity index (χ1) is 8.80. The Morgan fingerprint density at radius 1 is 1.21 bits per heavy atom. The van der Waals surface area contributed by atoms with Gasteiger partial charge in [-0.05, 0) is 26.7 Å². The third-order valence-corrected chi connectivity index (χ3v) is 3.85. The molecule has 0 saturated heterocycles. The van der Waals surface area contributed by atoms with Crippen molar-refractivity contribution < 1.29 is 13.6 Å². The molecule has 0 aromatic carbocycles. The Balaban J connectivity index is 2.19. The first-order valence-corrected chi connectivity index (χ1v) is 6.61. The number of Topliss-reactive ketones (excluding diaryl/α,β-unsaturated/α-hetero) is 1. The van der Waals surface area contributed by atoms with E-state index >= 15 is 0 Å². The van der Waals surface area contributed by atoms with E-state index in [2.05, 4.69) is 9.97 Å². The maximum atomic E-state index is 13.1. The zero-order valence-corrected chi connectivity index (χ0v) is 11.6. The summed E-state index contributed by atoms with van der Waals surface area (Å²) in [6, 6.07) is 0. The zero-order valence-electron chi connectivity index (χ0n) is 10.8. The molecule has 0 amide bonds. The number of carbonyl (C=O) groups is 1. The van der Waals surface area contributed by atoms with Crippen molar-refractivity contribution in [3.63, 3.8) is 0 Å². The fourth-order valence-corrected chi connectivity index (χ4v) is 2.49. The lowest BCUT2D eigenvalue weighted by molar-refractivity contribution is -0.0424. The second-order valence-corrected chi connectivity index (χ2v) is 5.39. The van der Waals surface area contributed by atoms with Gasteiger partial charge in [-0.25, -0.2) is 18.7 Å². The van der Waals surface area contributed by atoms with Crippen LogP contribution in [0, 0.1) is 19.8 Å². The minimum atomic E-state index is -2.64. The van der Waals surface area contributed by atoms with E-state index in [1.807, 2.05) is 0 Å². The fourth-order valence-electron chi connectivity index (χ4n) is 2.23. The second kappa shape index (κ2) is 5.12. The van der Waals surface area contributed by atoms with Crippen molar-refractivity contribution in [1.82, 2.24) is 9.97 Å². The highest BCUT2D eigenvalue weighted by Crippen LogP contribution is 2.37. The van der Waals surface area contributed by atoms with Gasteiger partial charge in [0.05, 0.1) is 11.4 Å². The molecule has 104 valence electrons. The van der Waals surface area contributed by atoms with Gasteiger partial charge in [-0.15, -0.1) is 0 Å². The normalized spacial score (nSPS) is 19.4. The Kier molecular flexibility index (Phi) is 3.85. The second-order valence-electron chi connectivity index (χ2n) is 5.03. The highest BCUT2D eigenvalue weighted by molar-refractivity contribution is 6.32. The molecule has 1 aromatic heterocycles. The summed E-state index contributed by atoms with van der Waals surface area (Å²) in [7, 11) is 0. The van der Waals surface area contributed by atoms with Crippen LogP contribution in [-0.2, 0) is 0 Å². The van der Waals surface area contributed by atoms with Crippen LogP contribution in [0.15, 0.2) is 0 Å². The number of hydrogen-bond donors (Lipinski definition) is 0. The monoisotopic (exact) mass is 288 g/mol. The third kappa shape index (κ3) is 3.08. The number of ketones is 1. The van der Waals surface area contributed by atoms with Gasteiger partial charge in [-0.3, -0.25) is 4.79 Å². The zero-order chi connectivity index (χ0) is 14.2. The summed E-state index contributed by atoms with van der Waals surface area (Å²) < 4.78 is 26.1. The van der Waals surface area contributed by atoms with E-state index in [4.69, 9.17) is 11.6 Å². The van der Waals surface area contributed by atoms with Crippen molar-refractivity contribution in [2.75, 3.05) is 0 Å². The van der Waals surface area contributed by atoms with E-state index in [0.717, 1.165) is 0 Å². The molecule has 1 aliphatic rings. The van der Waals surface area contributed by atoms with E-state index in [9.17, 15) is 13.6 Å². The number of aromatic nitrogens is 2. The Morgan fingerprint density at radius 3 is 2.32 bits per heavy atom. The largest absolute Gasteiger partial charge is 0.292 e. The summed E-state index contributed by atoms with van der Waals surface area (Å²) in [4.78, 5) is 20.5. The molecule has 3 nitrogen and oxygen atoms in total. The first kappa shape index (κ1) is 14.3. The SMILES string of the molecule is Cc1nc(Cl)c(C(=O)C2CCC(F)(F)CC2)nc1C. The smallest absolute Gasteiger partial charge is 0.248 e. The Bertz CT molecular complexity index is 510. The van der Waals surface area contributed by atoms with Gasteiger partial charge in [0.1, 0.15) is 5.69 Å². The summed E-state index contributed by atoms with van der Waals surface area (Å²) >= 11 is 5.93. The van der Waals surface area contributed by atoms with Crippen LogP contribution < -0.4 is 0 Å². The summed E-state index contributed by atoms with van der Waals surface area (Å²) in [5.74, 6) is -3.33. The summed E-state index contributed by atoms with van der Waals surface area (Å²) in [5.41, 5.74) is 1.41. The topological polar surface area (TPSA) is 42.9 Å². The molecule has 0 spiro atoms. The molecule has 1 aliphatic carbocycles. The molecule has 2 rings (SSSR count).